The number of hydrogen-bond acceptors (Lipinski definition) is 5. The van der Waals surface area contributed by atoms with Crippen LogP contribution < -0.4 is 14.2 Å². The van der Waals surface area contributed by atoms with Crippen molar-refractivity contribution in [2.75, 3.05) is 11.5 Å². The molecule has 1 heterocycles. The zero-order valence-electron chi connectivity index (χ0n) is 11.7. The van der Waals surface area contributed by atoms with E-state index >= 15 is 0 Å². The SMILES string of the molecule is CC(=O)c1cccc(S(=O)(=O)Nc2ccc3c(c2)OCO3)c1. The highest BCUT2D eigenvalue weighted by Crippen LogP contribution is 2.34. The average Bonchev–Trinajstić information content (AvgIpc) is 2.94. The zero-order valence-corrected chi connectivity index (χ0v) is 12.5. The predicted octanol–water partition coefficient (Wildman–Crippen LogP) is 2.42. The molecule has 3 rings (SSSR count). The maximum atomic E-state index is 12.4. The van der Waals surface area contributed by atoms with Gasteiger partial charge >= 0.3 is 0 Å². The van der Waals surface area contributed by atoms with E-state index in [9.17, 15) is 13.2 Å². The van der Waals surface area contributed by atoms with Gasteiger partial charge < -0.3 is 9.47 Å². The Kier molecular flexibility index (Phi) is 3.50. The summed E-state index contributed by atoms with van der Waals surface area (Å²) in [6, 6.07) is 10.6. The molecule has 114 valence electrons. The van der Waals surface area contributed by atoms with Gasteiger partial charge in [0.1, 0.15) is 0 Å². The Hall–Kier alpha value is -2.54. The molecule has 2 aromatic carbocycles. The first-order valence-corrected chi connectivity index (χ1v) is 7.97. The van der Waals surface area contributed by atoms with E-state index in [4.69, 9.17) is 9.47 Å². The van der Waals surface area contributed by atoms with Crippen LogP contribution in [0, 0.1) is 0 Å². The van der Waals surface area contributed by atoms with Crippen molar-refractivity contribution in [2.24, 2.45) is 0 Å². The number of benzene rings is 2. The molecular weight excluding hydrogens is 306 g/mol. The number of fused-ring (bicyclic) bond motifs is 1. The lowest BCUT2D eigenvalue weighted by Crippen LogP contribution is -2.13. The van der Waals surface area contributed by atoms with Crippen LogP contribution in [0.3, 0.4) is 0 Å². The van der Waals surface area contributed by atoms with Gasteiger partial charge in [-0.15, -0.1) is 0 Å². The predicted molar refractivity (Wildman–Crippen MR) is 79.8 cm³/mol. The standard InChI is InChI=1S/C15H13NO5S/c1-10(17)11-3-2-4-13(7-11)22(18,19)16-12-5-6-14-15(8-12)21-9-20-14/h2-8,16H,9H2,1H3. The molecule has 0 bridgehead atoms. The van der Waals surface area contributed by atoms with Crippen molar-refractivity contribution in [3.8, 4) is 11.5 Å². The van der Waals surface area contributed by atoms with Gasteiger partial charge in [-0.25, -0.2) is 8.42 Å². The van der Waals surface area contributed by atoms with Crippen LogP contribution in [0.5, 0.6) is 11.5 Å². The highest BCUT2D eigenvalue weighted by atomic mass is 32.2. The molecule has 0 spiro atoms. The van der Waals surface area contributed by atoms with Crippen molar-refractivity contribution in [1.82, 2.24) is 0 Å². The molecule has 0 saturated carbocycles. The molecule has 6 nitrogen and oxygen atoms in total. The molecule has 0 saturated heterocycles. The fourth-order valence-electron chi connectivity index (χ4n) is 2.06. The Bertz CT molecular complexity index is 845. The Morgan fingerprint density at radius 1 is 1.09 bits per heavy atom. The molecule has 1 aliphatic heterocycles. The summed E-state index contributed by atoms with van der Waals surface area (Å²) in [4.78, 5) is 11.4. The zero-order chi connectivity index (χ0) is 15.7. The van der Waals surface area contributed by atoms with Crippen LogP contribution in [-0.4, -0.2) is 21.0 Å². The highest BCUT2D eigenvalue weighted by molar-refractivity contribution is 7.92. The second-order valence-corrected chi connectivity index (χ2v) is 6.44. The van der Waals surface area contributed by atoms with Gasteiger partial charge in [-0.2, -0.15) is 0 Å². The maximum absolute atomic E-state index is 12.4. The van der Waals surface area contributed by atoms with E-state index in [0.717, 1.165) is 0 Å². The summed E-state index contributed by atoms with van der Waals surface area (Å²) in [5.41, 5.74) is 0.700. The van der Waals surface area contributed by atoms with Crippen LogP contribution in [0.25, 0.3) is 0 Å². The molecule has 2 aromatic rings. The summed E-state index contributed by atoms with van der Waals surface area (Å²) in [6.07, 6.45) is 0. The van der Waals surface area contributed by atoms with Crippen LogP contribution in [-0.2, 0) is 10.0 Å². The van der Waals surface area contributed by atoms with Crippen molar-refractivity contribution in [3.63, 3.8) is 0 Å². The monoisotopic (exact) mass is 319 g/mol. The maximum Gasteiger partial charge on any atom is 0.261 e. The van der Waals surface area contributed by atoms with Crippen LogP contribution in [0.4, 0.5) is 5.69 Å². The molecule has 0 atom stereocenters. The first kappa shape index (κ1) is 14.4. The fourth-order valence-corrected chi connectivity index (χ4v) is 3.15. The van der Waals surface area contributed by atoms with Crippen molar-refractivity contribution in [1.29, 1.82) is 0 Å². The molecule has 0 aliphatic carbocycles. The topological polar surface area (TPSA) is 81.7 Å². The third-order valence-electron chi connectivity index (χ3n) is 3.18. The summed E-state index contributed by atoms with van der Waals surface area (Å²) in [7, 11) is -3.79. The van der Waals surface area contributed by atoms with Gasteiger partial charge in [0.05, 0.1) is 10.6 Å². The lowest BCUT2D eigenvalue weighted by Gasteiger charge is -2.09. The molecule has 1 N–H and O–H groups in total. The molecule has 1 aliphatic rings. The van der Waals surface area contributed by atoms with Crippen molar-refractivity contribution >= 4 is 21.5 Å². The molecular formula is C15H13NO5S. The van der Waals surface area contributed by atoms with E-state index in [1.54, 1.807) is 24.3 Å². The molecule has 0 aromatic heterocycles. The Morgan fingerprint density at radius 3 is 2.64 bits per heavy atom. The van der Waals surface area contributed by atoms with E-state index in [2.05, 4.69) is 4.72 Å². The quantitative estimate of drug-likeness (QED) is 0.875. The number of nitrogens with one attached hydrogen (secondary N) is 1. The minimum absolute atomic E-state index is 0.0258. The Labute approximate surface area is 127 Å². The smallest absolute Gasteiger partial charge is 0.261 e. The molecule has 0 amide bonds. The number of carbonyl (C=O) groups is 1. The van der Waals surface area contributed by atoms with Crippen LogP contribution in [0.2, 0.25) is 0 Å². The number of ether oxygens (including phenoxy) is 2. The van der Waals surface area contributed by atoms with E-state index in [1.165, 1.54) is 25.1 Å². The summed E-state index contributed by atoms with van der Waals surface area (Å²) in [6.45, 7) is 1.50. The fraction of sp³-hybridized carbons (Fsp3) is 0.133. The van der Waals surface area contributed by atoms with Crippen LogP contribution in [0.1, 0.15) is 17.3 Å². The molecule has 0 unspecified atom stereocenters. The summed E-state index contributed by atoms with van der Waals surface area (Å²) in [5.74, 6) is 0.861. The van der Waals surface area contributed by atoms with Crippen molar-refractivity contribution < 1.29 is 22.7 Å². The van der Waals surface area contributed by atoms with Gasteiger partial charge in [-0.1, -0.05) is 12.1 Å². The minimum atomic E-state index is -3.79. The number of sulfonamides is 1. The van der Waals surface area contributed by atoms with Gasteiger partial charge in [-0.05, 0) is 31.2 Å². The highest BCUT2D eigenvalue weighted by Gasteiger charge is 2.18. The normalized spacial score (nSPS) is 13.0. The van der Waals surface area contributed by atoms with Gasteiger partial charge in [-0.3, -0.25) is 9.52 Å². The van der Waals surface area contributed by atoms with Gasteiger partial charge in [0.2, 0.25) is 6.79 Å². The van der Waals surface area contributed by atoms with E-state index in [-0.39, 0.29) is 17.5 Å². The number of Topliss-reactive ketones (excluding diaryl/α,β-unsaturated/α-hetero) is 1. The van der Waals surface area contributed by atoms with Crippen LogP contribution >= 0.6 is 0 Å². The Balaban J connectivity index is 1.90. The first-order valence-electron chi connectivity index (χ1n) is 6.49. The second kappa shape index (κ2) is 5.34. The minimum Gasteiger partial charge on any atom is -0.454 e. The number of hydrogen-bond donors (Lipinski definition) is 1. The molecule has 0 radical (unpaired) electrons. The van der Waals surface area contributed by atoms with E-state index < -0.39 is 10.0 Å². The first-order chi connectivity index (χ1) is 10.5. The van der Waals surface area contributed by atoms with Crippen molar-refractivity contribution in [3.05, 3.63) is 48.0 Å². The third kappa shape index (κ3) is 2.75. The molecule has 7 heteroatoms. The number of anilines is 1. The average molecular weight is 319 g/mol. The third-order valence-corrected chi connectivity index (χ3v) is 4.55. The van der Waals surface area contributed by atoms with Gasteiger partial charge in [0.25, 0.3) is 10.0 Å². The number of carbonyl (C=O) groups excluding carboxylic acids is 1. The van der Waals surface area contributed by atoms with Gasteiger partial charge in [0.15, 0.2) is 17.3 Å². The van der Waals surface area contributed by atoms with E-state index in [1.807, 2.05) is 0 Å². The molecule has 22 heavy (non-hydrogen) atoms. The largest absolute Gasteiger partial charge is 0.454 e. The van der Waals surface area contributed by atoms with Crippen LogP contribution in [0.15, 0.2) is 47.4 Å². The Morgan fingerprint density at radius 2 is 1.86 bits per heavy atom. The summed E-state index contributed by atoms with van der Waals surface area (Å²) in [5, 5.41) is 0. The molecule has 0 fully saturated rings. The number of ketones is 1. The van der Waals surface area contributed by atoms with E-state index in [0.29, 0.717) is 22.7 Å². The second-order valence-electron chi connectivity index (χ2n) is 4.76. The number of rotatable bonds is 4. The lowest BCUT2D eigenvalue weighted by molar-refractivity contribution is 0.101. The van der Waals surface area contributed by atoms with Crippen molar-refractivity contribution in [2.45, 2.75) is 11.8 Å². The summed E-state index contributed by atoms with van der Waals surface area (Å²) < 4.78 is 37.6. The summed E-state index contributed by atoms with van der Waals surface area (Å²) >= 11 is 0. The lowest BCUT2D eigenvalue weighted by atomic mass is 10.2. The van der Waals surface area contributed by atoms with Gasteiger partial charge in [0, 0.05) is 11.6 Å².